The maximum absolute atomic E-state index is 10.3. The summed E-state index contributed by atoms with van der Waals surface area (Å²) in [4.78, 5) is 4.29. The number of aliphatic hydroxyl groups is 1. The lowest BCUT2D eigenvalue weighted by Crippen LogP contribution is -2.09. The lowest BCUT2D eigenvalue weighted by atomic mass is 10.1. The number of nitrogens with zero attached hydrogens (tertiary/aromatic N) is 2. The minimum absolute atomic E-state index is 0.527. The van der Waals surface area contributed by atoms with Gasteiger partial charge in [-0.15, -0.1) is 0 Å². The Morgan fingerprint density at radius 3 is 3.00 bits per heavy atom. The Bertz CT molecular complexity index is 542. The number of benzene rings is 1. The first-order chi connectivity index (χ1) is 8.61. The standard InChI is InChI=1S/C13H14BrIN2O/c1-2-17-6-5-16-13(17)8-12(18)10-7-9(15)3-4-11(10)14/h3-7,12,18H,2,8H2,1H3. The Hall–Kier alpha value is -0.400. The molecule has 0 radical (unpaired) electrons. The van der Waals surface area contributed by atoms with Crippen molar-refractivity contribution in [3.63, 3.8) is 0 Å². The van der Waals surface area contributed by atoms with Gasteiger partial charge in [-0.3, -0.25) is 0 Å². The maximum atomic E-state index is 10.3. The fourth-order valence-electron chi connectivity index (χ4n) is 1.87. The van der Waals surface area contributed by atoms with Gasteiger partial charge in [0.15, 0.2) is 0 Å². The fourth-order valence-corrected chi connectivity index (χ4v) is 2.90. The normalized spacial score (nSPS) is 12.7. The van der Waals surface area contributed by atoms with Crippen molar-refractivity contribution in [2.75, 3.05) is 0 Å². The van der Waals surface area contributed by atoms with Crippen molar-refractivity contribution in [2.45, 2.75) is 26.0 Å². The van der Waals surface area contributed by atoms with Gasteiger partial charge in [-0.2, -0.15) is 0 Å². The summed E-state index contributed by atoms with van der Waals surface area (Å²) >= 11 is 5.73. The van der Waals surface area contributed by atoms with Gasteiger partial charge in [0, 0.05) is 33.4 Å². The molecule has 0 aliphatic rings. The number of imidazole rings is 1. The van der Waals surface area contributed by atoms with Gasteiger partial charge in [0.1, 0.15) is 5.82 Å². The first kappa shape index (κ1) is 14.0. The average Bonchev–Trinajstić information content (AvgIpc) is 2.79. The topological polar surface area (TPSA) is 38.0 Å². The number of hydrogen-bond acceptors (Lipinski definition) is 2. The molecule has 2 aromatic rings. The van der Waals surface area contributed by atoms with Gasteiger partial charge in [0.2, 0.25) is 0 Å². The predicted molar refractivity (Wildman–Crippen MR) is 83.4 cm³/mol. The van der Waals surface area contributed by atoms with Crippen LogP contribution in [-0.4, -0.2) is 14.7 Å². The molecule has 0 spiro atoms. The van der Waals surface area contributed by atoms with Gasteiger partial charge >= 0.3 is 0 Å². The van der Waals surface area contributed by atoms with Crippen LogP contribution in [-0.2, 0) is 13.0 Å². The molecule has 0 saturated heterocycles. The van der Waals surface area contributed by atoms with Gasteiger partial charge in [-0.25, -0.2) is 4.98 Å². The van der Waals surface area contributed by atoms with Crippen LogP contribution in [0.15, 0.2) is 35.1 Å². The third kappa shape index (κ3) is 3.13. The van der Waals surface area contributed by atoms with Crippen LogP contribution in [0, 0.1) is 3.57 Å². The highest BCUT2D eigenvalue weighted by atomic mass is 127. The second kappa shape index (κ2) is 6.16. The van der Waals surface area contributed by atoms with Crippen LogP contribution < -0.4 is 0 Å². The van der Waals surface area contributed by atoms with E-state index in [4.69, 9.17) is 0 Å². The summed E-state index contributed by atoms with van der Waals surface area (Å²) in [7, 11) is 0. The molecule has 3 nitrogen and oxygen atoms in total. The molecule has 1 N–H and O–H groups in total. The maximum Gasteiger partial charge on any atom is 0.111 e. The molecule has 0 aliphatic heterocycles. The Kier molecular flexibility index (Phi) is 4.80. The van der Waals surface area contributed by atoms with Crippen molar-refractivity contribution in [2.24, 2.45) is 0 Å². The van der Waals surface area contributed by atoms with Gasteiger partial charge in [-0.05, 0) is 53.3 Å². The average molecular weight is 421 g/mol. The molecule has 1 aromatic carbocycles. The smallest absolute Gasteiger partial charge is 0.111 e. The molecule has 0 bridgehead atoms. The van der Waals surface area contributed by atoms with E-state index in [0.29, 0.717) is 6.42 Å². The summed E-state index contributed by atoms with van der Waals surface area (Å²) in [5.41, 5.74) is 0.910. The van der Waals surface area contributed by atoms with Crippen molar-refractivity contribution >= 4 is 38.5 Å². The highest BCUT2D eigenvalue weighted by Crippen LogP contribution is 2.27. The molecular weight excluding hydrogens is 407 g/mol. The number of aryl methyl sites for hydroxylation is 1. The predicted octanol–water partition coefficient (Wildman–Crippen LogP) is 3.55. The molecule has 1 heterocycles. The van der Waals surface area contributed by atoms with Gasteiger partial charge < -0.3 is 9.67 Å². The first-order valence-electron chi connectivity index (χ1n) is 5.74. The zero-order valence-electron chi connectivity index (χ0n) is 9.98. The molecule has 1 unspecified atom stereocenters. The Labute approximate surface area is 129 Å². The fraction of sp³-hybridized carbons (Fsp3) is 0.308. The second-order valence-corrected chi connectivity index (χ2v) is 6.12. The zero-order chi connectivity index (χ0) is 13.1. The second-order valence-electron chi connectivity index (χ2n) is 4.02. The third-order valence-corrected chi connectivity index (χ3v) is 4.23. The van der Waals surface area contributed by atoms with E-state index < -0.39 is 6.10 Å². The lowest BCUT2D eigenvalue weighted by molar-refractivity contribution is 0.173. The largest absolute Gasteiger partial charge is 0.388 e. The Morgan fingerprint density at radius 2 is 2.28 bits per heavy atom. The summed E-state index contributed by atoms with van der Waals surface area (Å²) in [5.74, 6) is 0.913. The summed E-state index contributed by atoms with van der Waals surface area (Å²) < 4.78 is 4.10. The number of rotatable bonds is 4. The van der Waals surface area contributed by atoms with Crippen molar-refractivity contribution in [3.05, 3.63) is 50.0 Å². The van der Waals surface area contributed by atoms with Crippen molar-refractivity contribution in [1.82, 2.24) is 9.55 Å². The van der Waals surface area contributed by atoms with Gasteiger partial charge in [0.25, 0.3) is 0 Å². The van der Waals surface area contributed by atoms with Crippen LogP contribution in [0.25, 0.3) is 0 Å². The Morgan fingerprint density at radius 1 is 1.50 bits per heavy atom. The Balaban J connectivity index is 2.21. The van der Waals surface area contributed by atoms with E-state index in [2.05, 4.69) is 50.4 Å². The van der Waals surface area contributed by atoms with Gasteiger partial charge in [-0.1, -0.05) is 15.9 Å². The van der Waals surface area contributed by atoms with Crippen molar-refractivity contribution in [3.8, 4) is 0 Å². The summed E-state index contributed by atoms with van der Waals surface area (Å²) in [5, 5.41) is 10.3. The molecule has 0 saturated carbocycles. The molecule has 96 valence electrons. The van der Waals surface area contributed by atoms with E-state index in [9.17, 15) is 5.11 Å². The molecular formula is C13H14BrIN2O. The van der Waals surface area contributed by atoms with Crippen molar-refractivity contribution < 1.29 is 5.11 Å². The molecule has 5 heteroatoms. The summed E-state index contributed by atoms with van der Waals surface area (Å²) in [6.45, 7) is 2.94. The first-order valence-corrected chi connectivity index (χ1v) is 7.62. The van der Waals surface area contributed by atoms with Crippen LogP contribution in [0.2, 0.25) is 0 Å². The molecule has 1 atom stereocenters. The lowest BCUT2D eigenvalue weighted by Gasteiger charge is -2.14. The highest BCUT2D eigenvalue weighted by Gasteiger charge is 2.15. The summed E-state index contributed by atoms with van der Waals surface area (Å²) in [6, 6.07) is 5.97. The minimum Gasteiger partial charge on any atom is -0.388 e. The SMILES string of the molecule is CCn1ccnc1CC(O)c1cc(I)ccc1Br. The van der Waals surface area contributed by atoms with Crippen LogP contribution in [0.5, 0.6) is 0 Å². The van der Waals surface area contributed by atoms with Crippen molar-refractivity contribution in [1.29, 1.82) is 0 Å². The monoisotopic (exact) mass is 420 g/mol. The quantitative estimate of drug-likeness (QED) is 0.768. The van der Waals surface area contributed by atoms with E-state index in [1.807, 2.05) is 29.0 Å². The number of hydrogen-bond donors (Lipinski definition) is 1. The van der Waals surface area contributed by atoms with E-state index >= 15 is 0 Å². The molecule has 0 aliphatic carbocycles. The number of aromatic nitrogens is 2. The van der Waals surface area contributed by atoms with Crippen LogP contribution >= 0.6 is 38.5 Å². The number of halogens is 2. The van der Waals surface area contributed by atoms with E-state index in [1.54, 1.807) is 6.20 Å². The van der Waals surface area contributed by atoms with Crippen LogP contribution in [0.4, 0.5) is 0 Å². The van der Waals surface area contributed by atoms with Crippen LogP contribution in [0.3, 0.4) is 0 Å². The van der Waals surface area contributed by atoms with E-state index in [0.717, 1.165) is 26.0 Å². The molecule has 0 fully saturated rings. The van der Waals surface area contributed by atoms with E-state index in [-0.39, 0.29) is 0 Å². The zero-order valence-corrected chi connectivity index (χ0v) is 13.7. The summed E-state index contributed by atoms with van der Waals surface area (Å²) in [6.07, 6.45) is 3.70. The van der Waals surface area contributed by atoms with Gasteiger partial charge in [0.05, 0.1) is 6.10 Å². The molecule has 0 amide bonds. The highest BCUT2D eigenvalue weighted by molar-refractivity contribution is 14.1. The van der Waals surface area contributed by atoms with E-state index in [1.165, 1.54) is 0 Å². The molecule has 2 rings (SSSR count). The number of aliphatic hydroxyl groups excluding tert-OH is 1. The molecule has 1 aromatic heterocycles. The third-order valence-electron chi connectivity index (χ3n) is 2.84. The molecule has 18 heavy (non-hydrogen) atoms. The van der Waals surface area contributed by atoms with Crippen LogP contribution in [0.1, 0.15) is 24.4 Å². The minimum atomic E-state index is -0.540.